The van der Waals surface area contributed by atoms with Crippen molar-refractivity contribution in [1.82, 2.24) is 4.57 Å². The van der Waals surface area contributed by atoms with E-state index in [9.17, 15) is 14.9 Å². The normalized spacial score (nSPS) is 14.6. The van der Waals surface area contributed by atoms with Gasteiger partial charge in [-0.15, -0.1) is 0 Å². The van der Waals surface area contributed by atoms with Crippen molar-refractivity contribution in [1.29, 1.82) is 0 Å². The van der Waals surface area contributed by atoms with Crippen LogP contribution < -0.4 is 10.9 Å². The number of nitrogens with zero attached hydrogens (tertiary/aromatic N) is 2. The highest BCUT2D eigenvalue weighted by Crippen LogP contribution is 2.30. The largest absolute Gasteiger partial charge is 0.382 e. The molecular weight excluding hydrogens is 246 g/mol. The topological polar surface area (TPSA) is 77.2 Å². The van der Waals surface area contributed by atoms with Crippen LogP contribution in [0.25, 0.3) is 10.9 Å². The molecule has 1 fully saturated rings. The number of nitro groups is 1. The SMILES string of the molecule is Cn1c(=O)cc(NC2CC2)c2cc([N+](=O)[O-])ccc21. The van der Waals surface area contributed by atoms with E-state index in [2.05, 4.69) is 5.32 Å². The van der Waals surface area contributed by atoms with Crippen molar-refractivity contribution >= 4 is 22.3 Å². The molecule has 19 heavy (non-hydrogen) atoms. The molecule has 0 unspecified atom stereocenters. The van der Waals surface area contributed by atoms with Crippen LogP contribution in [-0.2, 0) is 7.05 Å². The van der Waals surface area contributed by atoms with Crippen LogP contribution in [0.1, 0.15) is 12.8 Å². The Hall–Kier alpha value is -2.37. The molecule has 0 saturated heterocycles. The first kappa shape index (κ1) is 11.7. The maximum absolute atomic E-state index is 11.9. The van der Waals surface area contributed by atoms with Gasteiger partial charge in [0.1, 0.15) is 0 Å². The van der Waals surface area contributed by atoms with Gasteiger partial charge in [0.25, 0.3) is 11.2 Å². The standard InChI is InChI=1S/C13H13N3O3/c1-15-12-5-4-9(16(18)19)6-10(12)11(7-13(15)17)14-8-2-3-8/h4-8,14H,2-3H2,1H3. The average Bonchev–Trinajstić information content (AvgIpc) is 3.19. The van der Waals surface area contributed by atoms with Crippen molar-refractivity contribution in [2.24, 2.45) is 7.05 Å². The highest BCUT2D eigenvalue weighted by atomic mass is 16.6. The van der Waals surface area contributed by atoms with Gasteiger partial charge < -0.3 is 9.88 Å². The van der Waals surface area contributed by atoms with Gasteiger partial charge in [-0.1, -0.05) is 0 Å². The summed E-state index contributed by atoms with van der Waals surface area (Å²) in [6.45, 7) is 0. The van der Waals surface area contributed by atoms with E-state index in [-0.39, 0.29) is 11.2 Å². The van der Waals surface area contributed by atoms with Gasteiger partial charge in [-0.3, -0.25) is 14.9 Å². The first-order valence-corrected chi connectivity index (χ1v) is 6.11. The molecule has 0 bridgehead atoms. The highest BCUT2D eigenvalue weighted by molar-refractivity contribution is 5.93. The Labute approximate surface area is 108 Å². The zero-order chi connectivity index (χ0) is 13.6. The van der Waals surface area contributed by atoms with E-state index in [1.54, 1.807) is 13.1 Å². The lowest BCUT2D eigenvalue weighted by molar-refractivity contribution is -0.384. The third-order valence-corrected chi connectivity index (χ3v) is 3.38. The molecule has 2 aromatic rings. The molecule has 1 aliphatic carbocycles. The number of nitro benzene ring substituents is 1. The number of hydrogen-bond acceptors (Lipinski definition) is 4. The summed E-state index contributed by atoms with van der Waals surface area (Å²) in [6.07, 6.45) is 2.15. The zero-order valence-corrected chi connectivity index (χ0v) is 10.4. The van der Waals surface area contributed by atoms with Crippen LogP contribution in [0.5, 0.6) is 0 Å². The molecule has 1 aliphatic rings. The summed E-state index contributed by atoms with van der Waals surface area (Å²) < 4.78 is 1.50. The summed E-state index contributed by atoms with van der Waals surface area (Å²) in [4.78, 5) is 22.3. The lowest BCUT2D eigenvalue weighted by Gasteiger charge is -2.11. The second kappa shape index (κ2) is 4.08. The van der Waals surface area contributed by atoms with Crippen LogP contribution >= 0.6 is 0 Å². The molecule has 1 aromatic carbocycles. The number of hydrogen-bond donors (Lipinski definition) is 1. The summed E-state index contributed by atoms with van der Waals surface area (Å²) >= 11 is 0. The molecule has 0 amide bonds. The summed E-state index contributed by atoms with van der Waals surface area (Å²) in [5.74, 6) is 0. The van der Waals surface area contributed by atoms with E-state index in [1.807, 2.05) is 0 Å². The Balaban J connectivity index is 2.26. The maximum atomic E-state index is 11.9. The van der Waals surface area contributed by atoms with Gasteiger partial charge in [0.2, 0.25) is 0 Å². The number of fused-ring (bicyclic) bond motifs is 1. The van der Waals surface area contributed by atoms with Gasteiger partial charge in [-0.05, 0) is 18.9 Å². The Bertz CT molecular complexity index is 732. The minimum Gasteiger partial charge on any atom is -0.382 e. The van der Waals surface area contributed by atoms with Gasteiger partial charge in [-0.25, -0.2) is 0 Å². The lowest BCUT2D eigenvalue weighted by Crippen LogP contribution is -2.18. The molecule has 1 heterocycles. The van der Waals surface area contributed by atoms with Crippen LogP contribution in [0, 0.1) is 10.1 Å². The van der Waals surface area contributed by atoms with Gasteiger partial charge >= 0.3 is 0 Å². The summed E-state index contributed by atoms with van der Waals surface area (Å²) in [7, 11) is 1.66. The molecule has 1 N–H and O–H groups in total. The van der Waals surface area contributed by atoms with E-state index in [0.717, 1.165) is 12.8 Å². The van der Waals surface area contributed by atoms with E-state index in [4.69, 9.17) is 0 Å². The molecule has 6 nitrogen and oxygen atoms in total. The molecule has 98 valence electrons. The van der Waals surface area contributed by atoms with Crippen LogP contribution in [-0.4, -0.2) is 15.5 Å². The fraction of sp³-hybridized carbons (Fsp3) is 0.308. The number of aromatic nitrogens is 1. The minimum absolute atomic E-state index is 0.0324. The van der Waals surface area contributed by atoms with Crippen molar-refractivity contribution < 1.29 is 4.92 Å². The van der Waals surface area contributed by atoms with Gasteiger partial charge in [0.15, 0.2) is 0 Å². The van der Waals surface area contributed by atoms with Crippen LogP contribution in [0.15, 0.2) is 29.1 Å². The van der Waals surface area contributed by atoms with Gasteiger partial charge in [-0.2, -0.15) is 0 Å². The first-order chi connectivity index (χ1) is 9.06. The number of aryl methyl sites for hydroxylation is 1. The Morgan fingerprint density at radius 2 is 2.11 bits per heavy atom. The Morgan fingerprint density at radius 1 is 1.37 bits per heavy atom. The van der Waals surface area contributed by atoms with Crippen molar-refractivity contribution in [2.75, 3.05) is 5.32 Å². The molecule has 6 heteroatoms. The van der Waals surface area contributed by atoms with E-state index in [1.165, 1.54) is 22.8 Å². The molecule has 0 spiro atoms. The van der Waals surface area contributed by atoms with Crippen molar-refractivity contribution in [2.45, 2.75) is 18.9 Å². The van der Waals surface area contributed by atoms with Crippen molar-refractivity contribution in [3.8, 4) is 0 Å². The van der Waals surface area contributed by atoms with Crippen LogP contribution in [0.2, 0.25) is 0 Å². The summed E-state index contributed by atoms with van der Waals surface area (Å²) in [6, 6.07) is 6.44. The van der Waals surface area contributed by atoms with Gasteiger partial charge in [0.05, 0.1) is 10.4 Å². The fourth-order valence-corrected chi connectivity index (χ4v) is 2.13. The first-order valence-electron chi connectivity index (χ1n) is 6.11. The third-order valence-electron chi connectivity index (χ3n) is 3.38. The summed E-state index contributed by atoms with van der Waals surface area (Å²) in [5.41, 5.74) is 1.29. The Kier molecular flexibility index (Phi) is 2.51. The molecule has 0 radical (unpaired) electrons. The molecule has 1 aromatic heterocycles. The summed E-state index contributed by atoms with van der Waals surface area (Å²) in [5, 5.41) is 14.8. The third kappa shape index (κ3) is 2.05. The lowest BCUT2D eigenvalue weighted by atomic mass is 10.1. The second-order valence-electron chi connectivity index (χ2n) is 4.83. The van der Waals surface area contributed by atoms with E-state index in [0.29, 0.717) is 22.6 Å². The highest BCUT2D eigenvalue weighted by Gasteiger charge is 2.22. The second-order valence-corrected chi connectivity index (χ2v) is 4.83. The average molecular weight is 259 g/mol. The number of rotatable bonds is 3. The Morgan fingerprint density at radius 3 is 2.74 bits per heavy atom. The van der Waals surface area contributed by atoms with E-state index >= 15 is 0 Å². The number of non-ortho nitro benzene ring substituents is 1. The molecule has 3 rings (SSSR count). The number of nitrogens with one attached hydrogen (secondary N) is 1. The van der Waals surface area contributed by atoms with Crippen molar-refractivity contribution in [3.63, 3.8) is 0 Å². The molecular formula is C13H13N3O3. The maximum Gasteiger partial charge on any atom is 0.270 e. The number of benzene rings is 1. The molecule has 0 aliphatic heterocycles. The van der Waals surface area contributed by atoms with E-state index < -0.39 is 4.92 Å². The van der Waals surface area contributed by atoms with Crippen LogP contribution in [0.3, 0.4) is 0 Å². The van der Waals surface area contributed by atoms with Gasteiger partial charge in [0, 0.05) is 42.4 Å². The fourth-order valence-electron chi connectivity index (χ4n) is 2.13. The quantitative estimate of drug-likeness (QED) is 0.675. The monoisotopic (exact) mass is 259 g/mol. The number of anilines is 1. The predicted molar refractivity (Wildman–Crippen MR) is 72.5 cm³/mol. The zero-order valence-electron chi connectivity index (χ0n) is 10.4. The number of pyridine rings is 1. The molecule has 1 saturated carbocycles. The predicted octanol–water partition coefficient (Wildman–Crippen LogP) is 2.02. The smallest absolute Gasteiger partial charge is 0.270 e. The molecule has 0 atom stereocenters. The van der Waals surface area contributed by atoms with Crippen molar-refractivity contribution in [3.05, 3.63) is 44.7 Å². The minimum atomic E-state index is -0.425. The van der Waals surface area contributed by atoms with Crippen LogP contribution in [0.4, 0.5) is 11.4 Å².